The van der Waals surface area contributed by atoms with Crippen molar-refractivity contribution in [1.82, 2.24) is 8.96 Å². The average molecular weight is 328 g/mol. The van der Waals surface area contributed by atoms with Crippen molar-refractivity contribution in [2.24, 2.45) is 0 Å². The summed E-state index contributed by atoms with van der Waals surface area (Å²) < 4.78 is 26.9. The molecule has 2 heterocycles. The summed E-state index contributed by atoms with van der Waals surface area (Å²) >= 11 is 0. The first-order valence-electron chi connectivity index (χ1n) is 7.53. The minimum absolute atomic E-state index is 0.178. The van der Waals surface area contributed by atoms with Gasteiger partial charge in [0.1, 0.15) is 5.52 Å². The molecular weight excluding hydrogens is 312 g/mol. The van der Waals surface area contributed by atoms with Crippen LogP contribution in [-0.2, 0) is 10.0 Å². The number of aryl methyl sites for hydroxylation is 1. The van der Waals surface area contributed by atoms with Crippen LogP contribution in [0.4, 0.5) is 0 Å². The third-order valence-electron chi connectivity index (χ3n) is 4.33. The molecule has 0 saturated heterocycles. The van der Waals surface area contributed by atoms with Crippen molar-refractivity contribution < 1.29 is 8.42 Å². The van der Waals surface area contributed by atoms with E-state index in [0.29, 0.717) is 5.92 Å². The number of H-pyrrole nitrogens is 1. The maximum atomic E-state index is 12.9. The Morgan fingerprint density at radius 1 is 1.13 bits per heavy atom. The predicted octanol–water partition coefficient (Wildman–Crippen LogP) is 2.75. The Bertz CT molecular complexity index is 1060. The minimum atomic E-state index is -3.79. The second kappa shape index (κ2) is 4.83. The Morgan fingerprint density at radius 2 is 1.83 bits per heavy atom. The van der Waals surface area contributed by atoms with Gasteiger partial charge in [-0.15, -0.1) is 0 Å². The van der Waals surface area contributed by atoms with E-state index < -0.39 is 10.0 Å². The van der Waals surface area contributed by atoms with Crippen LogP contribution in [-0.4, -0.2) is 17.4 Å². The summed E-state index contributed by atoms with van der Waals surface area (Å²) in [5.74, 6) is 0.423. The Morgan fingerprint density at radius 3 is 2.48 bits per heavy atom. The van der Waals surface area contributed by atoms with Crippen LogP contribution in [0.15, 0.2) is 52.4 Å². The minimum Gasteiger partial charge on any atom is -0.327 e. The highest BCUT2D eigenvalue weighted by Gasteiger charge is 2.28. The van der Waals surface area contributed by atoms with Crippen LogP contribution in [0.5, 0.6) is 0 Å². The highest BCUT2D eigenvalue weighted by atomic mass is 32.2. The number of hydrogen-bond acceptors (Lipinski definition) is 3. The van der Waals surface area contributed by atoms with E-state index in [-0.39, 0.29) is 16.0 Å². The molecule has 0 amide bonds. The molecule has 2 aromatic heterocycles. The fourth-order valence-electron chi connectivity index (χ4n) is 2.92. The van der Waals surface area contributed by atoms with Gasteiger partial charge in [-0.1, -0.05) is 17.7 Å². The van der Waals surface area contributed by atoms with Crippen molar-refractivity contribution >= 4 is 20.9 Å². The second-order valence-electron chi connectivity index (χ2n) is 6.04. The van der Waals surface area contributed by atoms with E-state index in [4.69, 9.17) is 0 Å². The highest BCUT2D eigenvalue weighted by Crippen LogP contribution is 2.42. The molecule has 1 fully saturated rings. The zero-order chi connectivity index (χ0) is 16.2. The van der Waals surface area contributed by atoms with E-state index in [9.17, 15) is 13.2 Å². The third kappa shape index (κ3) is 2.21. The first-order chi connectivity index (χ1) is 11.0. The summed E-state index contributed by atoms with van der Waals surface area (Å²) in [6.07, 6.45) is 5.35. The van der Waals surface area contributed by atoms with Gasteiger partial charge >= 0.3 is 0 Å². The van der Waals surface area contributed by atoms with E-state index in [1.807, 2.05) is 6.92 Å². The van der Waals surface area contributed by atoms with Gasteiger partial charge in [-0.05, 0) is 49.4 Å². The molecule has 6 heteroatoms. The van der Waals surface area contributed by atoms with E-state index >= 15 is 0 Å². The SMILES string of the molecule is Cc1ccc(S(=O)(=O)n2ccc3c(C4CC4)c[nH]c(=O)c32)cc1. The molecule has 1 aliphatic carbocycles. The van der Waals surface area contributed by atoms with Gasteiger partial charge in [0.05, 0.1) is 4.90 Å². The van der Waals surface area contributed by atoms with Crippen molar-refractivity contribution in [2.45, 2.75) is 30.6 Å². The predicted molar refractivity (Wildman–Crippen MR) is 88.3 cm³/mol. The topological polar surface area (TPSA) is 71.9 Å². The molecule has 0 radical (unpaired) electrons. The zero-order valence-electron chi connectivity index (χ0n) is 12.6. The van der Waals surface area contributed by atoms with Crippen LogP contribution in [0.1, 0.15) is 29.9 Å². The molecule has 118 valence electrons. The second-order valence-corrected chi connectivity index (χ2v) is 7.85. The normalized spacial score (nSPS) is 15.2. The van der Waals surface area contributed by atoms with E-state index in [2.05, 4.69) is 4.98 Å². The largest absolute Gasteiger partial charge is 0.327 e. The lowest BCUT2D eigenvalue weighted by Gasteiger charge is -2.08. The molecular formula is C17H16N2O3S. The molecule has 0 spiro atoms. The summed E-state index contributed by atoms with van der Waals surface area (Å²) in [6.45, 7) is 1.90. The number of aromatic amines is 1. The molecule has 1 N–H and O–H groups in total. The van der Waals surface area contributed by atoms with Crippen LogP contribution in [0, 0.1) is 6.92 Å². The fraction of sp³-hybridized carbons (Fsp3) is 0.235. The van der Waals surface area contributed by atoms with Gasteiger partial charge in [-0.25, -0.2) is 12.4 Å². The Balaban J connectivity index is 1.97. The third-order valence-corrected chi connectivity index (χ3v) is 6.02. The van der Waals surface area contributed by atoms with Crippen molar-refractivity contribution in [3.8, 4) is 0 Å². The van der Waals surface area contributed by atoms with Crippen LogP contribution in [0.3, 0.4) is 0 Å². The number of hydrogen-bond donors (Lipinski definition) is 1. The number of rotatable bonds is 3. The van der Waals surface area contributed by atoms with E-state index in [1.54, 1.807) is 36.5 Å². The molecule has 3 aromatic rings. The molecule has 23 heavy (non-hydrogen) atoms. The summed E-state index contributed by atoms with van der Waals surface area (Å²) in [6, 6.07) is 8.35. The number of fused-ring (bicyclic) bond motifs is 1. The summed E-state index contributed by atoms with van der Waals surface area (Å²) in [5.41, 5.74) is 1.83. The molecule has 1 aliphatic rings. The van der Waals surface area contributed by atoms with Crippen molar-refractivity contribution in [2.75, 3.05) is 0 Å². The number of nitrogens with zero attached hydrogens (tertiary/aromatic N) is 1. The van der Waals surface area contributed by atoms with E-state index in [0.717, 1.165) is 33.3 Å². The Labute approximate surface area is 133 Å². The highest BCUT2D eigenvalue weighted by molar-refractivity contribution is 7.90. The standard InChI is InChI=1S/C17H16N2O3S/c1-11-2-6-13(7-3-11)23(21,22)19-9-8-14-15(12-4-5-12)10-18-17(20)16(14)19/h2-3,6-10,12H,4-5H2,1H3,(H,18,20). The summed E-state index contributed by atoms with van der Waals surface area (Å²) in [4.78, 5) is 15.1. The maximum Gasteiger partial charge on any atom is 0.273 e. The van der Waals surface area contributed by atoms with Crippen LogP contribution in [0.25, 0.3) is 10.9 Å². The van der Waals surface area contributed by atoms with Crippen molar-refractivity contribution in [3.05, 3.63) is 64.2 Å². The Kier molecular flexibility index (Phi) is 2.99. The number of pyridine rings is 1. The van der Waals surface area contributed by atoms with Gasteiger partial charge in [-0.2, -0.15) is 0 Å². The van der Waals surface area contributed by atoms with Crippen LogP contribution < -0.4 is 5.56 Å². The van der Waals surface area contributed by atoms with Gasteiger partial charge in [-0.3, -0.25) is 4.79 Å². The van der Waals surface area contributed by atoms with Crippen molar-refractivity contribution in [1.29, 1.82) is 0 Å². The lowest BCUT2D eigenvalue weighted by molar-refractivity contribution is 0.589. The number of aromatic nitrogens is 2. The molecule has 5 nitrogen and oxygen atoms in total. The first-order valence-corrected chi connectivity index (χ1v) is 8.97. The molecule has 1 aromatic carbocycles. The summed E-state index contributed by atoms with van der Waals surface area (Å²) in [5, 5.41) is 0.729. The Hall–Kier alpha value is -2.34. The molecule has 0 atom stereocenters. The average Bonchev–Trinajstić information content (AvgIpc) is 3.25. The molecule has 0 bridgehead atoms. The van der Waals surface area contributed by atoms with Gasteiger partial charge in [0, 0.05) is 17.8 Å². The zero-order valence-corrected chi connectivity index (χ0v) is 13.4. The van der Waals surface area contributed by atoms with Crippen LogP contribution >= 0.6 is 0 Å². The van der Waals surface area contributed by atoms with Gasteiger partial charge < -0.3 is 4.98 Å². The maximum absolute atomic E-state index is 12.9. The molecule has 1 saturated carbocycles. The first kappa shape index (κ1) is 14.3. The van der Waals surface area contributed by atoms with Gasteiger partial charge in [0.2, 0.25) is 0 Å². The number of nitrogens with one attached hydrogen (secondary N) is 1. The lowest BCUT2D eigenvalue weighted by Crippen LogP contribution is -2.18. The van der Waals surface area contributed by atoms with Gasteiger partial charge in [0.25, 0.3) is 15.6 Å². The smallest absolute Gasteiger partial charge is 0.273 e. The van der Waals surface area contributed by atoms with Crippen molar-refractivity contribution in [3.63, 3.8) is 0 Å². The van der Waals surface area contributed by atoms with Gasteiger partial charge in [0.15, 0.2) is 0 Å². The lowest BCUT2D eigenvalue weighted by atomic mass is 10.1. The molecule has 0 aliphatic heterocycles. The quantitative estimate of drug-likeness (QED) is 0.803. The van der Waals surface area contributed by atoms with E-state index in [1.165, 1.54) is 6.20 Å². The number of benzene rings is 1. The monoisotopic (exact) mass is 328 g/mol. The molecule has 4 rings (SSSR count). The molecule has 0 unspecified atom stereocenters. The van der Waals surface area contributed by atoms with Crippen LogP contribution in [0.2, 0.25) is 0 Å². The summed E-state index contributed by atoms with van der Waals surface area (Å²) in [7, 11) is -3.79. The fourth-order valence-corrected chi connectivity index (χ4v) is 4.27.